The average molecular weight is 424 g/mol. The Hall–Kier alpha value is -3.06. The largest absolute Gasteiger partial charge is 0.338 e. The third-order valence-electron chi connectivity index (χ3n) is 5.57. The van der Waals surface area contributed by atoms with E-state index in [9.17, 15) is 9.59 Å². The van der Waals surface area contributed by atoms with Crippen molar-refractivity contribution in [3.05, 3.63) is 54.1 Å². The van der Waals surface area contributed by atoms with Gasteiger partial charge in [-0.3, -0.25) is 0 Å². The van der Waals surface area contributed by atoms with E-state index in [1.807, 2.05) is 49.4 Å². The van der Waals surface area contributed by atoms with Crippen molar-refractivity contribution in [2.24, 2.45) is 5.92 Å². The quantitative estimate of drug-likeness (QED) is 0.512. The molecular formula is C24H33N5O2. The number of anilines is 3. The molecule has 31 heavy (non-hydrogen) atoms. The van der Waals surface area contributed by atoms with Crippen molar-refractivity contribution < 1.29 is 9.59 Å². The smallest absolute Gasteiger partial charge is 0.323 e. The molecule has 4 N–H and O–H groups in total. The number of amides is 4. The van der Waals surface area contributed by atoms with E-state index in [1.165, 1.54) is 6.42 Å². The van der Waals surface area contributed by atoms with Crippen LogP contribution in [0.25, 0.3) is 0 Å². The van der Waals surface area contributed by atoms with E-state index in [0.29, 0.717) is 29.5 Å². The highest BCUT2D eigenvalue weighted by molar-refractivity contribution is 6.00. The first kappa shape index (κ1) is 22.6. The number of likely N-dealkylation sites (tertiary alicyclic amines) is 1. The number of benzene rings is 2. The van der Waals surface area contributed by atoms with Crippen LogP contribution in [0.15, 0.2) is 48.5 Å². The summed E-state index contributed by atoms with van der Waals surface area (Å²) < 4.78 is 0. The van der Waals surface area contributed by atoms with E-state index in [4.69, 9.17) is 0 Å². The van der Waals surface area contributed by atoms with E-state index in [0.717, 1.165) is 38.0 Å². The number of carbonyl (C=O) groups excluding carboxylic acids is 2. The Labute approximate surface area is 184 Å². The second-order valence-corrected chi connectivity index (χ2v) is 8.09. The van der Waals surface area contributed by atoms with Crippen LogP contribution in [0.2, 0.25) is 0 Å². The van der Waals surface area contributed by atoms with Gasteiger partial charge in [-0.1, -0.05) is 31.2 Å². The van der Waals surface area contributed by atoms with Crippen molar-refractivity contribution >= 4 is 29.1 Å². The number of hydrogen-bond acceptors (Lipinski definition) is 3. The Kier molecular flexibility index (Phi) is 8.29. The lowest BCUT2D eigenvalue weighted by molar-refractivity contribution is 0.182. The standard InChI is InChI=1S/C24H33N5O2/c1-3-13-29-14-11-19(12-15-29)17-25-23(30)28-22-16-21(10-9-18(22)2)27-24(31)26-20-7-5-4-6-8-20/h4-10,16,19H,3,11-15,17H2,1-2H3,(H2,25,28,30)(H2,26,27,31). The summed E-state index contributed by atoms with van der Waals surface area (Å²) in [4.78, 5) is 27.1. The van der Waals surface area contributed by atoms with E-state index < -0.39 is 0 Å². The first-order valence-corrected chi connectivity index (χ1v) is 11.0. The van der Waals surface area contributed by atoms with Gasteiger partial charge in [0.25, 0.3) is 0 Å². The number of nitrogens with one attached hydrogen (secondary N) is 4. The van der Waals surface area contributed by atoms with Crippen molar-refractivity contribution in [1.82, 2.24) is 10.2 Å². The molecule has 166 valence electrons. The Bertz CT molecular complexity index is 864. The summed E-state index contributed by atoms with van der Waals surface area (Å²) in [5.41, 5.74) is 2.92. The highest BCUT2D eigenvalue weighted by atomic mass is 16.2. The Morgan fingerprint density at radius 3 is 2.35 bits per heavy atom. The summed E-state index contributed by atoms with van der Waals surface area (Å²) >= 11 is 0. The second kappa shape index (κ2) is 11.4. The van der Waals surface area contributed by atoms with Crippen LogP contribution in [0.5, 0.6) is 0 Å². The fourth-order valence-corrected chi connectivity index (χ4v) is 3.78. The third kappa shape index (κ3) is 7.29. The first-order valence-electron chi connectivity index (χ1n) is 11.0. The number of para-hydroxylation sites is 1. The Morgan fingerprint density at radius 1 is 0.935 bits per heavy atom. The maximum absolute atomic E-state index is 12.4. The maximum atomic E-state index is 12.4. The molecule has 2 aromatic rings. The number of hydrogen-bond donors (Lipinski definition) is 4. The van der Waals surface area contributed by atoms with Crippen molar-refractivity contribution in [1.29, 1.82) is 0 Å². The van der Waals surface area contributed by atoms with E-state index in [-0.39, 0.29) is 12.1 Å². The molecule has 0 aliphatic carbocycles. The van der Waals surface area contributed by atoms with E-state index >= 15 is 0 Å². The summed E-state index contributed by atoms with van der Waals surface area (Å²) in [6.45, 7) is 8.20. The second-order valence-electron chi connectivity index (χ2n) is 8.09. The lowest BCUT2D eigenvalue weighted by atomic mass is 9.97. The van der Waals surface area contributed by atoms with Crippen molar-refractivity contribution in [2.75, 3.05) is 42.1 Å². The molecule has 3 rings (SSSR count). The number of rotatable bonds is 7. The lowest BCUT2D eigenvalue weighted by Crippen LogP contribution is -2.40. The molecule has 7 heteroatoms. The zero-order valence-corrected chi connectivity index (χ0v) is 18.4. The molecule has 0 unspecified atom stereocenters. The van der Waals surface area contributed by atoms with Crippen LogP contribution in [0.1, 0.15) is 31.7 Å². The molecule has 0 spiro atoms. The highest BCUT2D eigenvalue weighted by Crippen LogP contribution is 2.21. The molecule has 1 aliphatic rings. The Morgan fingerprint density at radius 2 is 1.65 bits per heavy atom. The minimum absolute atomic E-state index is 0.218. The first-order chi connectivity index (χ1) is 15.0. The number of urea groups is 2. The van der Waals surface area contributed by atoms with Gasteiger partial charge in [-0.05, 0) is 81.6 Å². The third-order valence-corrected chi connectivity index (χ3v) is 5.57. The van der Waals surface area contributed by atoms with Crippen LogP contribution in [-0.4, -0.2) is 43.1 Å². The topological polar surface area (TPSA) is 85.5 Å². The van der Waals surface area contributed by atoms with Gasteiger partial charge >= 0.3 is 12.1 Å². The molecule has 1 aliphatic heterocycles. The predicted octanol–water partition coefficient (Wildman–Crippen LogP) is 4.88. The summed E-state index contributed by atoms with van der Waals surface area (Å²) in [5, 5.41) is 11.5. The molecule has 1 saturated heterocycles. The molecule has 7 nitrogen and oxygen atoms in total. The minimum Gasteiger partial charge on any atom is -0.338 e. The van der Waals surface area contributed by atoms with Crippen molar-refractivity contribution in [3.63, 3.8) is 0 Å². The van der Waals surface area contributed by atoms with Gasteiger partial charge in [0.1, 0.15) is 0 Å². The van der Waals surface area contributed by atoms with Gasteiger partial charge in [0.05, 0.1) is 0 Å². The predicted molar refractivity (Wildman–Crippen MR) is 127 cm³/mol. The van der Waals surface area contributed by atoms with Gasteiger partial charge < -0.3 is 26.2 Å². The van der Waals surface area contributed by atoms with Crippen LogP contribution in [0.3, 0.4) is 0 Å². The molecule has 1 fully saturated rings. The van der Waals surface area contributed by atoms with Crippen LogP contribution in [0.4, 0.5) is 26.7 Å². The molecule has 0 saturated carbocycles. The average Bonchev–Trinajstić information content (AvgIpc) is 2.76. The summed E-state index contributed by atoms with van der Waals surface area (Å²) in [6.07, 6.45) is 3.43. The number of aryl methyl sites for hydroxylation is 1. The van der Waals surface area contributed by atoms with Crippen LogP contribution in [-0.2, 0) is 0 Å². The fraction of sp³-hybridized carbons (Fsp3) is 0.417. The molecule has 2 aromatic carbocycles. The zero-order chi connectivity index (χ0) is 22.1. The van der Waals surface area contributed by atoms with Gasteiger partial charge in [0.15, 0.2) is 0 Å². The summed E-state index contributed by atoms with van der Waals surface area (Å²) in [7, 11) is 0. The van der Waals surface area contributed by atoms with Gasteiger partial charge in [0.2, 0.25) is 0 Å². The normalized spacial score (nSPS) is 14.6. The van der Waals surface area contributed by atoms with Crippen molar-refractivity contribution in [2.45, 2.75) is 33.1 Å². The van der Waals surface area contributed by atoms with E-state index in [1.54, 1.807) is 6.07 Å². The number of piperidine rings is 1. The molecule has 4 amide bonds. The number of nitrogens with zero attached hydrogens (tertiary/aromatic N) is 1. The molecular weight excluding hydrogens is 390 g/mol. The van der Waals surface area contributed by atoms with Crippen LogP contribution < -0.4 is 21.3 Å². The van der Waals surface area contributed by atoms with E-state index in [2.05, 4.69) is 33.1 Å². The molecule has 0 atom stereocenters. The molecule has 0 radical (unpaired) electrons. The zero-order valence-electron chi connectivity index (χ0n) is 18.4. The van der Waals surface area contributed by atoms with Gasteiger partial charge in [-0.15, -0.1) is 0 Å². The van der Waals surface area contributed by atoms with Gasteiger partial charge in [-0.25, -0.2) is 9.59 Å². The van der Waals surface area contributed by atoms with Crippen LogP contribution >= 0.6 is 0 Å². The maximum Gasteiger partial charge on any atom is 0.323 e. The van der Waals surface area contributed by atoms with Crippen LogP contribution in [0, 0.1) is 12.8 Å². The number of carbonyl (C=O) groups is 2. The molecule has 0 aromatic heterocycles. The Balaban J connectivity index is 1.47. The molecule has 0 bridgehead atoms. The minimum atomic E-state index is -0.333. The molecule has 1 heterocycles. The summed E-state index contributed by atoms with van der Waals surface area (Å²) in [6, 6.07) is 14.1. The fourth-order valence-electron chi connectivity index (χ4n) is 3.78. The summed E-state index contributed by atoms with van der Waals surface area (Å²) in [5.74, 6) is 0.523. The lowest BCUT2D eigenvalue weighted by Gasteiger charge is -2.31. The van der Waals surface area contributed by atoms with Crippen molar-refractivity contribution in [3.8, 4) is 0 Å². The SMILES string of the molecule is CCCN1CCC(CNC(=O)Nc2cc(NC(=O)Nc3ccccc3)ccc2C)CC1. The monoisotopic (exact) mass is 423 g/mol. The highest BCUT2D eigenvalue weighted by Gasteiger charge is 2.19. The van der Waals surface area contributed by atoms with Gasteiger partial charge in [-0.2, -0.15) is 0 Å². The van der Waals surface area contributed by atoms with Gasteiger partial charge in [0, 0.05) is 23.6 Å².